The molecule has 0 aliphatic heterocycles. The van der Waals surface area contributed by atoms with Gasteiger partial charge in [0.1, 0.15) is 5.82 Å². The fourth-order valence-electron chi connectivity index (χ4n) is 3.54. The zero-order valence-electron chi connectivity index (χ0n) is 17.1. The molecule has 0 aliphatic carbocycles. The number of carbonyl (C=O) groups is 1. The third-order valence-corrected chi connectivity index (χ3v) is 5.24. The molecule has 156 valence electrons. The second-order valence-corrected chi connectivity index (χ2v) is 7.36. The SMILES string of the molecule is NC(=O)c1ccc(-c2ccc(-c3cc(NCc4cccnc4)n4nccc4n3)cc2)cc1. The number of amides is 1. The Hall–Kier alpha value is -4.52. The first-order valence-corrected chi connectivity index (χ1v) is 10.2. The summed E-state index contributed by atoms with van der Waals surface area (Å²) in [5.74, 6) is 0.422. The van der Waals surface area contributed by atoms with Crippen LogP contribution in [-0.2, 0) is 6.54 Å². The van der Waals surface area contributed by atoms with Gasteiger partial charge < -0.3 is 11.1 Å². The molecule has 0 atom stereocenters. The van der Waals surface area contributed by atoms with Gasteiger partial charge in [0.15, 0.2) is 5.65 Å². The van der Waals surface area contributed by atoms with E-state index in [1.807, 2.05) is 66.9 Å². The Kier molecular flexibility index (Phi) is 5.05. The van der Waals surface area contributed by atoms with Crippen LogP contribution in [0.3, 0.4) is 0 Å². The van der Waals surface area contributed by atoms with Crippen LogP contribution in [0, 0.1) is 0 Å². The van der Waals surface area contributed by atoms with Crippen LogP contribution in [0.15, 0.2) is 91.4 Å². The van der Waals surface area contributed by atoms with Crippen molar-refractivity contribution < 1.29 is 4.79 Å². The number of fused-ring (bicyclic) bond motifs is 1. The van der Waals surface area contributed by atoms with Gasteiger partial charge in [-0.25, -0.2) is 4.98 Å². The molecule has 3 aromatic heterocycles. The van der Waals surface area contributed by atoms with Crippen molar-refractivity contribution in [1.29, 1.82) is 0 Å². The van der Waals surface area contributed by atoms with Gasteiger partial charge in [-0.3, -0.25) is 9.78 Å². The van der Waals surface area contributed by atoms with Crippen LogP contribution in [0.5, 0.6) is 0 Å². The van der Waals surface area contributed by atoms with Gasteiger partial charge in [-0.1, -0.05) is 42.5 Å². The number of carbonyl (C=O) groups excluding carboxylic acids is 1. The van der Waals surface area contributed by atoms with Gasteiger partial charge >= 0.3 is 0 Å². The van der Waals surface area contributed by atoms with E-state index in [0.29, 0.717) is 12.1 Å². The van der Waals surface area contributed by atoms with Gasteiger partial charge in [0.25, 0.3) is 0 Å². The van der Waals surface area contributed by atoms with Gasteiger partial charge in [0.05, 0.1) is 11.9 Å². The number of aromatic nitrogens is 4. The van der Waals surface area contributed by atoms with E-state index in [0.717, 1.165) is 39.4 Å². The smallest absolute Gasteiger partial charge is 0.248 e. The predicted octanol–water partition coefficient (Wildman–Crippen LogP) is 4.17. The Bertz CT molecular complexity index is 1380. The van der Waals surface area contributed by atoms with Crippen LogP contribution >= 0.6 is 0 Å². The highest BCUT2D eigenvalue weighted by Gasteiger charge is 2.09. The molecule has 0 saturated carbocycles. The number of pyridine rings is 1. The summed E-state index contributed by atoms with van der Waals surface area (Å²) in [6.07, 6.45) is 5.33. The topological polar surface area (TPSA) is 98.2 Å². The van der Waals surface area contributed by atoms with Crippen LogP contribution in [-0.4, -0.2) is 25.5 Å². The fourth-order valence-corrected chi connectivity index (χ4v) is 3.54. The third-order valence-electron chi connectivity index (χ3n) is 5.24. The minimum Gasteiger partial charge on any atom is -0.366 e. The number of nitrogens with one attached hydrogen (secondary N) is 1. The predicted molar refractivity (Wildman–Crippen MR) is 124 cm³/mol. The summed E-state index contributed by atoms with van der Waals surface area (Å²) in [4.78, 5) is 20.2. The van der Waals surface area contributed by atoms with Gasteiger partial charge in [-0.05, 0) is 34.9 Å². The van der Waals surface area contributed by atoms with Crippen molar-refractivity contribution in [1.82, 2.24) is 19.6 Å². The Morgan fingerprint density at radius 1 is 0.906 bits per heavy atom. The standard InChI is InChI=1S/C25H20N6O/c26-25(32)21-9-5-19(6-10-21)18-3-7-20(8-4-18)22-14-24(31-23(30-22)11-13-29-31)28-16-17-2-1-12-27-15-17/h1-15,28H,16H2,(H2,26,32). The first kappa shape index (κ1) is 19.4. The number of benzene rings is 2. The summed E-state index contributed by atoms with van der Waals surface area (Å²) in [6.45, 7) is 0.631. The molecule has 0 saturated heterocycles. The number of anilines is 1. The number of hydrogen-bond acceptors (Lipinski definition) is 5. The van der Waals surface area contributed by atoms with E-state index in [1.165, 1.54) is 0 Å². The lowest BCUT2D eigenvalue weighted by Crippen LogP contribution is -2.10. The summed E-state index contributed by atoms with van der Waals surface area (Å²) in [6, 6.07) is 23.2. The molecule has 5 aromatic rings. The zero-order valence-corrected chi connectivity index (χ0v) is 17.1. The quantitative estimate of drug-likeness (QED) is 0.430. The monoisotopic (exact) mass is 420 g/mol. The molecule has 7 nitrogen and oxygen atoms in total. The molecule has 3 heterocycles. The van der Waals surface area contributed by atoms with E-state index in [2.05, 4.69) is 15.4 Å². The lowest BCUT2D eigenvalue weighted by Gasteiger charge is -2.11. The van der Waals surface area contributed by atoms with Crippen molar-refractivity contribution in [3.63, 3.8) is 0 Å². The second kappa shape index (κ2) is 8.31. The minimum absolute atomic E-state index is 0.429. The Labute approximate surface area is 184 Å². The molecule has 7 heteroatoms. The highest BCUT2D eigenvalue weighted by molar-refractivity contribution is 5.93. The first-order chi connectivity index (χ1) is 15.7. The second-order valence-electron chi connectivity index (χ2n) is 7.36. The summed E-state index contributed by atoms with van der Waals surface area (Å²) in [5.41, 5.74) is 11.6. The van der Waals surface area contributed by atoms with Crippen molar-refractivity contribution in [3.8, 4) is 22.4 Å². The van der Waals surface area contributed by atoms with Gasteiger partial charge in [-0.15, -0.1) is 0 Å². The lowest BCUT2D eigenvalue weighted by molar-refractivity contribution is 0.100. The summed E-state index contributed by atoms with van der Waals surface area (Å²) >= 11 is 0. The molecule has 3 N–H and O–H groups in total. The molecule has 32 heavy (non-hydrogen) atoms. The summed E-state index contributed by atoms with van der Waals surface area (Å²) in [5, 5.41) is 7.82. The van der Waals surface area contributed by atoms with Crippen molar-refractivity contribution in [2.24, 2.45) is 5.73 Å². The Balaban J connectivity index is 1.43. The van der Waals surface area contributed by atoms with E-state index in [-0.39, 0.29) is 0 Å². The number of nitrogens with zero attached hydrogens (tertiary/aromatic N) is 4. The van der Waals surface area contributed by atoms with Crippen molar-refractivity contribution in [2.45, 2.75) is 6.54 Å². The number of nitrogens with two attached hydrogens (primary N) is 1. The molecule has 0 aliphatic rings. The highest BCUT2D eigenvalue weighted by Crippen LogP contribution is 2.26. The molecule has 0 unspecified atom stereocenters. The molecule has 2 aromatic carbocycles. The first-order valence-electron chi connectivity index (χ1n) is 10.2. The molecule has 0 spiro atoms. The van der Waals surface area contributed by atoms with Crippen molar-refractivity contribution in [3.05, 3.63) is 103 Å². The van der Waals surface area contributed by atoms with Crippen molar-refractivity contribution in [2.75, 3.05) is 5.32 Å². The van der Waals surface area contributed by atoms with E-state index in [9.17, 15) is 4.79 Å². The summed E-state index contributed by atoms with van der Waals surface area (Å²) < 4.78 is 1.79. The maximum Gasteiger partial charge on any atom is 0.248 e. The fraction of sp³-hybridized carbons (Fsp3) is 0.0400. The van der Waals surface area contributed by atoms with Crippen molar-refractivity contribution >= 4 is 17.4 Å². The largest absolute Gasteiger partial charge is 0.366 e. The number of hydrogen-bond donors (Lipinski definition) is 2. The maximum absolute atomic E-state index is 11.3. The van der Waals surface area contributed by atoms with E-state index < -0.39 is 5.91 Å². The maximum atomic E-state index is 11.3. The number of primary amides is 1. The van der Waals surface area contributed by atoms with Crippen LogP contribution in [0.25, 0.3) is 28.0 Å². The van der Waals surface area contributed by atoms with Crippen LogP contribution in [0.1, 0.15) is 15.9 Å². The van der Waals surface area contributed by atoms with Gasteiger partial charge in [0, 0.05) is 42.2 Å². The minimum atomic E-state index is -0.429. The van der Waals surface area contributed by atoms with Gasteiger partial charge in [-0.2, -0.15) is 9.61 Å². The van der Waals surface area contributed by atoms with Gasteiger partial charge in [0.2, 0.25) is 5.91 Å². The molecule has 5 rings (SSSR count). The lowest BCUT2D eigenvalue weighted by atomic mass is 10.0. The highest BCUT2D eigenvalue weighted by atomic mass is 16.1. The average Bonchev–Trinajstić information content (AvgIpc) is 3.32. The molecule has 0 fully saturated rings. The normalized spacial score (nSPS) is 10.9. The summed E-state index contributed by atoms with van der Waals surface area (Å²) in [7, 11) is 0. The third kappa shape index (κ3) is 3.91. The Morgan fingerprint density at radius 2 is 1.62 bits per heavy atom. The van der Waals surface area contributed by atoms with E-state index in [1.54, 1.807) is 29.0 Å². The van der Waals surface area contributed by atoms with Crippen LogP contribution in [0.2, 0.25) is 0 Å². The molecular weight excluding hydrogens is 400 g/mol. The van der Waals surface area contributed by atoms with E-state index >= 15 is 0 Å². The Morgan fingerprint density at radius 3 is 2.31 bits per heavy atom. The number of rotatable bonds is 6. The molecular formula is C25H20N6O. The van der Waals surface area contributed by atoms with Crippen LogP contribution in [0.4, 0.5) is 5.82 Å². The molecule has 1 amide bonds. The molecule has 0 bridgehead atoms. The zero-order chi connectivity index (χ0) is 21.9. The van der Waals surface area contributed by atoms with E-state index in [4.69, 9.17) is 10.7 Å². The average molecular weight is 420 g/mol. The van der Waals surface area contributed by atoms with Crippen LogP contribution < -0.4 is 11.1 Å². The molecule has 0 radical (unpaired) electrons.